The average Bonchev–Trinajstić information content (AvgIpc) is 2.64. The van der Waals surface area contributed by atoms with Gasteiger partial charge in [0.15, 0.2) is 0 Å². The van der Waals surface area contributed by atoms with Crippen LogP contribution >= 0.6 is 23.2 Å². The molecule has 0 radical (unpaired) electrons. The Labute approximate surface area is 174 Å². The van der Waals surface area contributed by atoms with Crippen LogP contribution in [-0.4, -0.2) is 21.6 Å². The van der Waals surface area contributed by atoms with Gasteiger partial charge in [-0.2, -0.15) is 18.2 Å². The van der Waals surface area contributed by atoms with Crippen molar-refractivity contribution in [2.75, 3.05) is 17.2 Å². The summed E-state index contributed by atoms with van der Waals surface area (Å²) in [4.78, 5) is 7.70. The van der Waals surface area contributed by atoms with Gasteiger partial charge in [-0.25, -0.2) is 4.98 Å². The van der Waals surface area contributed by atoms with E-state index >= 15 is 0 Å². The first-order chi connectivity index (χ1) is 13.7. The SMILES string of the molecule is Oc1cccc(CCNc2nc(Nc3ccc(Cl)c(Cl)c3)ncc2C(F)(F)F)c1. The molecule has 0 saturated carbocycles. The molecule has 1 aromatic heterocycles. The normalized spacial score (nSPS) is 11.3. The molecule has 0 fully saturated rings. The maximum absolute atomic E-state index is 13.3. The second kappa shape index (κ2) is 8.75. The summed E-state index contributed by atoms with van der Waals surface area (Å²) in [6, 6.07) is 11.2. The van der Waals surface area contributed by atoms with E-state index in [0.717, 1.165) is 5.56 Å². The second-order valence-corrected chi connectivity index (χ2v) is 6.87. The molecular weight excluding hydrogens is 428 g/mol. The van der Waals surface area contributed by atoms with Crippen molar-refractivity contribution in [2.24, 2.45) is 0 Å². The van der Waals surface area contributed by atoms with Crippen LogP contribution in [0.1, 0.15) is 11.1 Å². The highest BCUT2D eigenvalue weighted by atomic mass is 35.5. The molecule has 2 aromatic carbocycles. The third-order valence-corrected chi connectivity index (χ3v) is 4.63. The van der Waals surface area contributed by atoms with Crippen LogP contribution in [0, 0.1) is 0 Å². The van der Waals surface area contributed by atoms with Crippen molar-refractivity contribution in [1.29, 1.82) is 0 Å². The summed E-state index contributed by atoms with van der Waals surface area (Å²) in [7, 11) is 0. The van der Waals surface area contributed by atoms with E-state index in [1.165, 1.54) is 12.1 Å². The second-order valence-electron chi connectivity index (χ2n) is 6.05. The van der Waals surface area contributed by atoms with Gasteiger partial charge in [0.1, 0.15) is 17.1 Å². The van der Waals surface area contributed by atoms with Gasteiger partial charge in [0.2, 0.25) is 5.95 Å². The molecule has 0 spiro atoms. The number of hydrogen-bond donors (Lipinski definition) is 3. The van der Waals surface area contributed by atoms with E-state index in [-0.39, 0.29) is 29.1 Å². The van der Waals surface area contributed by atoms with Crippen molar-refractivity contribution in [3.8, 4) is 5.75 Å². The number of alkyl halides is 3. The van der Waals surface area contributed by atoms with Crippen LogP contribution in [0.15, 0.2) is 48.7 Å². The number of nitrogens with one attached hydrogen (secondary N) is 2. The molecule has 0 unspecified atom stereocenters. The molecule has 0 atom stereocenters. The van der Waals surface area contributed by atoms with Gasteiger partial charge in [0.05, 0.1) is 10.0 Å². The summed E-state index contributed by atoms with van der Waals surface area (Å²) in [6.45, 7) is 0.176. The summed E-state index contributed by atoms with van der Waals surface area (Å²) in [5.74, 6) is -0.292. The Morgan fingerprint density at radius 1 is 1.03 bits per heavy atom. The standard InChI is InChI=1S/C19H15Cl2F3N4O/c20-15-5-4-12(9-16(15)21)27-18-26-10-14(19(22,23)24)17(28-18)25-7-6-11-2-1-3-13(29)8-11/h1-5,8-10,29H,6-7H2,(H2,25,26,27,28). The molecule has 3 N–H and O–H groups in total. The predicted molar refractivity (Wildman–Crippen MR) is 107 cm³/mol. The average molecular weight is 443 g/mol. The van der Waals surface area contributed by atoms with Crippen LogP contribution in [0.5, 0.6) is 5.75 Å². The van der Waals surface area contributed by atoms with Crippen molar-refractivity contribution >= 4 is 40.7 Å². The van der Waals surface area contributed by atoms with Crippen molar-refractivity contribution in [3.05, 3.63) is 69.8 Å². The van der Waals surface area contributed by atoms with E-state index in [4.69, 9.17) is 23.2 Å². The number of nitrogens with zero attached hydrogens (tertiary/aromatic N) is 2. The van der Waals surface area contributed by atoms with Crippen LogP contribution < -0.4 is 10.6 Å². The number of rotatable bonds is 6. The van der Waals surface area contributed by atoms with E-state index in [1.54, 1.807) is 30.3 Å². The lowest BCUT2D eigenvalue weighted by molar-refractivity contribution is -0.137. The number of phenols is 1. The topological polar surface area (TPSA) is 70.1 Å². The first-order valence-corrected chi connectivity index (χ1v) is 9.16. The Hall–Kier alpha value is -2.71. The maximum Gasteiger partial charge on any atom is 0.421 e. The van der Waals surface area contributed by atoms with E-state index in [1.807, 2.05) is 0 Å². The van der Waals surface area contributed by atoms with Crippen molar-refractivity contribution in [1.82, 2.24) is 9.97 Å². The predicted octanol–water partition coefficient (Wildman–Crippen LogP) is 5.91. The van der Waals surface area contributed by atoms with Crippen molar-refractivity contribution < 1.29 is 18.3 Å². The molecule has 0 saturated heterocycles. The Morgan fingerprint density at radius 3 is 2.52 bits per heavy atom. The largest absolute Gasteiger partial charge is 0.508 e. The molecule has 29 heavy (non-hydrogen) atoms. The highest BCUT2D eigenvalue weighted by Gasteiger charge is 2.35. The Morgan fingerprint density at radius 2 is 1.83 bits per heavy atom. The van der Waals surface area contributed by atoms with Gasteiger partial charge in [0.25, 0.3) is 0 Å². The zero-order valence-corrected chi connectivity index (χ0v) is 16.3. The van der Waals surface area contributed by atoms with Crippen LogP contribution in [-0.2, 0) is 12.6 Å². The lowest BCUT2D eigenvalue weighted by atomic mass is 10.1. The molecule has 0 bridgehead atoms. The first-order valence-electron chi connectivity index (χ1n) is 8.40. The zero-order valence-electron chi connectivity index (χ0n) is 14.8. The van der Waals surface area contributed by atoms with Crippen molar-refractivity contribution in [2.45, 2.75) is 12.6 Å². The summed E-state index contributed by atoms with van der Waals surface area (Å²) in [6.07, 6.45) is -3.51. The number of halogens is 5. The molecule has 3 rings (SSSR count). The van der Waals surface area contributed by atoms with Gasteiger partial charge in [-0.15, -0.1) is 0 Å². The molecule has 1 heterocycles. The zero-order chi connectivity index (χ0) is 21.0. The number of aromatic hydroxyl groups is 1. The van der Waals surface area contributed by atoms with E-state index in [0.29, 0.717) is 23.3 Å². The Balaban J connectivity index is 1.79. The van der Waals surface area contributed by atoms with Gasteiger partial charge in [-0.3, -0.25) is 0 Å². The number of benzene rings is 2. The monoisotopic (exact) mass is 442 g/mol. The first kappa shape index (κ1) is 21.0. The number of anilines is 3. The van der Waals surface area contributed by atoms with E-state index in [2.05, 4.69) is 20.6 Å². The van der Waals surface area contributed by atoms with Gasteiger partial charge in [-0.1, -0.05) is 35.3 Å². The van der Waals surface area contributed by atoms with E-state index < -0.39 is 11.7 Å². The fourth-order valence-corrected chi connectivity index (χ4v) is 2.82. The minimum Gasteiger partial charge on any atom is -0.508 e. The molecule has 0 aliphatic rings. The fourth-order valence-electron chi connectivity index (χ4n) is 2.52. The quantitative estimate of drug-likeness (QED) is 0.442. The highest BCUT2D eigenvalue weighted by molar-refractivity contribution is 6.42. The highest BCUT2D eigenvalue weighted by Crippen LogP contribution is 2.34. The van der Waals surface area contributed by atoms with Crippen LogP contribution in [0.3, 0.4) is 0 Å². The summed E-state index contributed by atoms with van der Waals surface area (Å²) in [5, 5.41) is 15.6. The van der Waals surface area contributed by atoms with Crippen molar-refractivity contribution in [3.63, 3.8) is 0 Å². The maximum atomic E-state index is 13.3. The van der Waals surface area contributed by atoms with Gasteiger partial charge in [0, 0.05) is 18.4 Å². The van der Waals surface area contributed by atoms with Gasteiger partial charge in [-0.05, 0) is 42.3 Å². The molecule has 0 aliphatic heterocycles. The molecule has 0 amide bonds. The minimum atomic E-state index is -4.62. The third-order valence-electron chi connectivity index (χ3n) is 3.89. The number of aromatic nitrogens is 2. The Kier molecular flexibility index (Phi) is 6.34. The van der Waals surface area contributed by atoms with E-state index in [9.17, 15) is 18.3 Å². The molecule has 0 aliphatic carbocycles. The molecule has 152 valence electrons. The van der Waals surface area contributed by atoms with Crippen LogP contribution in [0.4, 0.5) is 30.6 Å². The van der Waals surface area contributed by atoms with Gasteiger partial charge < -0.3 is 15.7 Å². The Bertz CT molecular complexity index is 1010. The van der Waals surface area contributed by atoms with Crippen LogP contribution in [0.25, 0.3) is 0 Å². The number of phenolic OH excluding ortho intramolecular Hbond substituents is 1. The minimum absolute atomic E-state index is 0.0313. The lowest BCUT2D eigenvalue weighted by Gasteiger charge is -2.15. The molecule has 10 heteroatoms. The third kappa shape index (κ3) is 5.65. The number of hydrogen-bond acceptors (Lipinski definition) is 5. The smallest absolute Gasteiger partial charge is 0.421 e. The fraction of sp³-hybridized carbons (Fsp3) is 0.158. The van der Waals surface area contributed by atoms with Crippen LogP contribution in [0.2, 0.25) is 10.0 Å². The molecule has 3 aromatic rings. The summed E-state index contributed by atoms with van der Waals surface area (Å²) in [5.41, 5.74) is 0.271. The molecular formula is C19H15Cl2F3N4O. The molecule has 5 nitrogen and oxygen atoms in total. The van der Waals surface area contributed by atoms with Gasteiger partial charge >= 0.3 is 6.18 Å². The summed E-state index contributed by atoms with van der Waals surface area (Å²) < 4.78 is 39.9. The lowest BCUT2D eigenvalue weighted by Crippen LogP contribution is -2.16. The summed E-state index contributed by atoms with van der Waals surface area (Å²) >= 11 is 11.8.